The molecule has 2 unspecified atom stereocenters. The molecule has 11 heteroatoms. The molecule has 3 fully saturated rings. The average molecular weight is 505 g/mol. The normalized spacial score (nSPS) is 24.7. The number of halogens is 4. The molecule has 1 amide bonds. The number of carboxylic acid groups (broad SMARTS) is 1. The number of aryl methyl sites for hydroxylation is 1. The number of alkyl halides is 3. The van der Waals surface area contributed by atoms with Gasteiger partial charge in [-0.2, -0.15) is 13.2 Å². The van der Waals surface area contributed by atoms with Crippen LogP contribution in [-0.4, -0.2) is 89.6 Å². The minimum atomic E-state index is -5.08. The van der Waals surface area contributed by atoms with Crippen LogP contribution >= 0.6 is 0 Å². The number of likely N-dealkylation sites (tertiary alicyclic amines) is 2. The fourth-order valence-corrected chi connectivity index (χ4v) is 4.94. The number of aliphatic hydroxyl groups excluding tert-OH is 1. The maximum Gasteiger partial charge on any atom is 0.490 e. The highest BCUT2D eigenvalue weighted by atomic mass is 19.4. The summed E-state index contributed by atoms with van der Waals surface area (Å²) in [4.78, 5) is 25.8. The third-order valence-electron chi connectivity index (χ3n) is 7.00. The van der Waals surface area contributed by atoms with Crippen LogP contribution in [0.3, 0.4) is 0 Å². The maximum absolute atomic E-state index is 13.8. The van der Waals surface area contributed by atoms with Crippen LogP contribution in [0, 0.1) is 18.2 Å². The highest BCUT2D eigenvalue weighted by molar-refractivity contribution is 5.94. The molecular weight excluding hydrogens is 472 g/mol. The number of carbonyl (C=O) groups is 2. The summed E-state index contributed by atoms with van der Waals surface area (Å²) in [5.74, 6) is -3.16. The van der Waals surface area contributed by atoms with Gasteiger partial charge >= 0.3 is 12.1 Å². The summed E-state index contributed by atoms with van der Waals surface area (Å²) in [6.07, 6.45) is -0.209. The quantitative estimate of drug-likeness (QED) is 0.615. The number of aliphatic carboxylic acids is 1. The Morgan fingerprint density at radius 2 is 1.86 bits per heavy atom. The summed E-state index contributed by atoms with van der Waals surface area (Å²) in [5, 5.41) is 17.0. The summed E-state index contributed by atoms with van der Waals surface area (Å²) in [6.45, 7) is 6.55. The molecule has 1 aromatic carbocycles. The number of β-amino-alcohol motifs (C(OH)–C–C–N with tert-alkyl or cyclic N) is 1. The minimum Gasteiger partial charge on any atom is -0.475 e. The summed E-state index contributed by atoms with van der Waals surface area (Å²) in [6, 6.07) is 4.73. The van der Waals surface area contributed by atoms with Crippen molar-refractivity contribution in [2.24, 2.45) is 5.41 Å². The first-order valence-electron chi connectivity index (χ1n) is 11.8. The molecule has 2 N–H and O–H groups in total. The van der Waals surface area contributed by atoms with Crippen molar-refractivity contribution < 1.29 is 42.1 Å². The number of benzene rings is 1. The molecule has 1 aromatic rings. The third kappa shape index (κ3) is 7.37. The van der Waals surface area contributed by atoms with Crippen molar-refractivity contribution in [1.82, 2.24) is 9.80 Å². The van der Waals surface area contributed by atoms with E-state index in [0.29, 0.717) is 24.2 Å². The van der Waals surface area contributed by atoms with Crippen molar-refractivity contribution in [3.05, 3.63) is 35.1 Å². The van der Waals surface area contributed by atoms with E-state index in [1.54, 1.807) is 19.1 Å². The van der Waals surface area contributed by atoms with Gasteiger partial charge in [-0.1, -0.05) is 6.07 Å². The van der Waals surface area contributed by atoms with Crippen LogP contribution in [-0.2, 0) is 9.53 Å². The van der Waals surface area contributed by atoms with Crippen molar-refractivity contribution in [3.63, 3.8) is 0 Å². The number of aliphatic hydroxyl groups is 1. The standard InChI is InChI=1S/C22H31FN2O3.C2HF3O2/c1-16-4-5-17(11-20(16)23)21(27)25-9-6-22(7-10-25)12-19(28-15-22)14-24-8-2-3-18(26)13-24;3-2(4,5)1(6)7/h4-5,11,18-19,26H,2-3,6-10,12-15H2,1H3;(H,6,7). The Morgan fingerprint density at radius 3 is 2.43 bits per heavy atom. The lowest BCUT2D eigenvalue weighted by atomic mass is 9.76. The van der Waals surface area contributed by atoms with Gasteiger partial charge < -0.3 is 19.8 Å². The lowest BCUT2D eigenvalue weighted by Gasteiger charge is -2.38. The Hall–Kier alpha value is -2.24. The van der Waals surface area contributed by atoms with Crippen molar-refractivity contribution in [2.45, 2.75) is 57.4 Å². The second-order valence-electron chi connectivity index (χ2n) is 9.75. The molecule has 0 aromatic heterocycles. The van der Waals surface area contributed by atoms with Crippen LogP contribution in [0.25, 0.3) is 0 Å². The van der Waals surface area contributed by atoms with Gasteiger partial charge in [0, 0.05) is 31.7 Å². The van der Waals surface area contributed by atoms with Gasteiger partial charge in [-0.05, 0) is 68.7 Å². The lowest BCUT2D eigenvalue weighted by molar-refractivity contribution is -0.192. The van der Waals surface area contributed by atoms with Crippen molar-refractivity contribution in [1.29, 1.82) is 0 Å². The topological polar surface area (TPSA) is 90.3 Å². The first kappa shape index (κ1) is 27.3. The van der Waals surface area contributed by atoms with Crippen LogP contribution in [0.2, 0.25) is 0 Å². The number of piperidine rings is 2. The van der Waals surface area contributed by atoms with Gasteiger partial charge in [0.25, 0.3) is 5.91 Å². The number of hydrogen-bond acceptors (Lipinski definition) is 5. The zero-order valence-corrected chi connectivity index (χ0v) is 19.7. The number of hydrogen-bond donors (Lipinski definition) is 2. The van der Waals surface area contributed by atoms with E-state index < -0.39 is 12.1 Å². The Morgan fingerprint density at radius 1 is 1.20 bits per heavy atom. The Labute approximate surface area is 201 Å². The Kier molecular flexibility index (Phi) is 8.76. The predicted molar refractivity (Wildman–Crippen MR) is 118 cm³/mol. The van der Waals surface area contributed by atoms with Crippen LogP contribution in [0.5, 0.6) is 0 Å². The zero-order chi connectivity index (χ0) is 25.8. The maximum atomic E-state index is 13.8. The van der Waals surface area contributed by atoms with Crippen molar-refractivity contribution in [2.75, 3.05) is 39.3 Å². The fraction of sp³-hybridized carbons (Fsp3) is 0.667. The third-order valence-corrected chi connectivity index (χ3v) is 7.00. The monoisotopic (exact) mass is 504 g/mol. The highest BCUT2D eigenvalue weighted by Gasteiger charge is 2.43. The van der Waals surface area contributed by atoms with Gasteiger partial charge in [0.05, 0.1) is 18.8 Å². The molecule has 3 aliphatic heterocycles. The predicted octanol–water partition coefficient (Wildman–Crippen LogP) is 3.24. The van der Waals surface area contributed by atoms with Gasteiger partial charge in [0.1, 0.15) is 5.82 Å². The summed E-state index contributed by atoms with van der Waals surface area (Å²) in [5.41, 5.74) is 1.15. The first-order chi connectivity index (χ1) is 16.4. The van der Waals surface area contributed by atoms with E-state index in [4.69, 9.17) is 14.6 Å². The van der Waals surface area contributed by atoms with Gasteiger partial charge in [-0.15, -0.1) is 0 Å². The van der Waals surface area contributed by atoms with Crippen LogP contribution < -0.4 is 0 Å². The van der Waals surface area contributed by atoms with E-state index in [9.17, 15) is 27.5 Å². The number of ether oxygens (including phenoxy) is 1. The molecular formula is C24H32F4N2O5. The summed E-state index contributed by atoms with van der Waals surface area (Å²) >= 11 is 0. The van der Waals surface area contributed by atoms with Gasteiger partial charge in [0.15, 0.2) is 0 Å². The molecule has 35 heavy (non-hydrogen) atoms. The van der Waals surface area contributed by atoms with Gasteiger partial charge in [-0.25, -0.2) is 9.18 Å². The van der Waals surface area contributed by atoms with E-state index in [1.165, 1.54) is 6.07 Å². The van der Waals surface area contributed by atoms with Crippen molar-refractivity contribution in [3.8, 4) is 0 Å². The molecule has 1 spiro atoms. The van der Waals surface area contributed by atoms with Gasteiger partial charge in [0.2, 0.25) is 0 Å². The fourth-order valence-electron chi connectivity index (χ4n) is 4.94. The lowest BCUT2D eigenvalue weighted by Crippen LogP contribution is -2.44. The minimum absolute atomic E-state index is 0.0773. The number of carboxylic acids is 1. The molecule has 3 saturated heterocycles. The van der Waals surface area contributed by atoms with Crippen molar-refractivity contribution >= 4 is 11.9 Å². The number of amides is 1. The van der Waals surface area contributed by atoms with E-state index in [1.807, 2.05) is 4.90 Å². The molecule has 2 atom stereocenters. The highest BCUT2D eigenvalue weighted by Crippen LogP contribution is 2.42. The van der Waals surface area contributed by atoms with Crippen LogP contribution in [0.4, 0.5) is 17.6 Å². The average Bonchev–Trinajstić information content (AvgIpc) is 3.17. The smallest absolute Gasteiger partial charge is 0.475 e. The molecule has 4 rings (SSSR count). The van der Waals surface area contributed by atoms with Gasteiger partial charge in [-0.3, -0.25) is 9.69 Å². The largest absolute Gasteiger partial charge is 0.490 e. The first-order valence-corrected chi connectivity index (χ1v) is 11.8. The van der Waals surface area contributed by atoms with Crippen LogP contribution in [0.1, 0.15) is 48.0 Å². The SMILES string of the molecule is Cc1ccc(C(=O)N2CCC3(CC2)COC(CN2CCCC(O)C2)C3)cc1F.O=C(O)C(F)(F)F. The molecule has 3 heterocycles. The summed E-state index contributed by atoms with van der Waals surface area (Å²) in [7, 11) is 0. The molecule has 7 nitrogen and oxygen atoms in total. The number of nitrogens with zero attached hydrogens (tertiary/aromatic N) is 2. The molecule has 0 bridgehead atoms. The number of rotatable bonds is 3. The Bertz CT molecular complexity index is 902. The molecule has 3 aliphatic rings. The second kappa shape index (κ2) is 11.2. The molecule has 0 aliphatic carbocycles. The second-order valence-corrected chi connectivity index (χ2v) is 9.75. The zero-order valence-electron chi connectivity index (χ0n) is 19.7. The molecule has 0 saturated carbocycles. The summed E-state index contributed by atoms with van der Waals surface area (Å²) < 4.78 is 51.7. The molecule has 196 valence electrons. The van der Waals surface area contributed by atoms with Crippen LogP contribution in [0.15, 0.2) is 18.2 Å². The number of carbonyl (C=O) groups excluding carboxylic acids is 1. The Balaban J connectivity index is 0.000000429. The van der Waals surface area contributed by atoms with E-state index in [0.717, 1.165) is 58.3 Å². The van der Waals surface area contributed by atoms with E-state index >= 15 is 0 Å². The van der Waals surface area contributed by atoms with E-state index in [-0.39, 0.29) is 29.3 Å². The van der Waals surface area contributed by atoms with E-state index in [2.05, 4.69) is 4.90 Å². The molecule has 0 radical (unpaired) electrons.